The summed E-state index contributed by atoms with van der Waals surface area (Å²) in [6, 6.07) is 12.1. The van der Waals surface area contributed by atoms with Gasteiger partial charge in [-0.3, -0.25) is 4.79 Å². The highest BCUT2D eigenvalue weighted by Crippen LogP contribution is 2.25. The van der Waals surface area contributed by atoms with E-state index >= 15 is 0 Å². The molecule has 1 N–H and O–H groups in total. The summed E-state index contributed by atoms with van der Waals surface area (Å²) in [6.45, 7) is 2.33. The molecule has 5 heteroatoms. The fraction of sp³-hybridized carbons (Fsp3) is 0.188. The Morgan fingerprint density at radius 3 is 2.76 bits per heavy atom. The first-order valence-corrected chi connectivity index (χ1v) is 6.89. The molecule has 1 amide bonds. The van der Waals surface area contributed by atoms with Crippen LogP contribution in [-0.4, -0.2) is 19.6 Å². The molecule has 2 rings (SSSR count). The molecule has 0 bridgehead atoms. The van der Waals surface area contributed by atoms with E-state index in [0.29, 0.717) is 34.4 Å². The molecule has 2 aromatic carbocycles. The van der Waals surface area contributed by atoms with Crippen LogP contribution < -0.4 is 14.8 Å². The molecule has 0 aliphatic rings. The van der Waals surface area contributed by atoms with Crippen molar-refractivity contribution in [2.75, 3.05) is 19.0 Å². The summed E-state index contributed by atoms with van der Waals surface area (Å²) in [5.41, 5.74) is 1.04. The Hall–Kier alpha value is -2.20. The van der Waals surface area contributed by atoms with Crippen LogP contribution in [0.1, 0.15) is 17.3 Å². The lowest BCUT2D eigenvalue weighted by Gasteiger charge is -2.11. The molecular formula is C16H16ClNO3. The van der Waals surface area contributed by atoms with Crippen LogP contribution in [-0.2, 0) is 0 Å². The van der Waals surface area contributed by atoms with Gasteiger partial charge in [0.25, 0.3) is 5.91 Å². The summed E-state index contributed by atoms with van der Waals surface area (Å²) in [5.74, 6) is 0.889. The van der Waals surface area contributed by atoms with E-state index < -0.39 is 0 Å². The number of halogens is 1. The highest BCUT2D eigenvalue weighted by molar-refractivity contribution is 6.31. The maximum Gasteiger partial charge on any atom is 0.259 e. The Morgan fingerprint density at radius 2 is 2.05 bits per heavy atom. The number of anilines is 1. The molecule has 0 heterocycles. The van der Waals surface area contributed by atoms with E-state index in [1.54, 1.807) is 49.6 Å². The van der Waals surface area contributed by atoms with Crippen LogP contribution in [0.25, 0.3) is 0 Å². The van der Waals surface area contributed by atoms with Gasteiger partial charge in [0.05, 0.1) is 19.3 Å². The van der Waals surface area contributed by atoms with Crippen LogP contribution in [0.2, 0.25) is 5.02 Å². The predicted molar refractivity (Wildman–Crippen MR) is 83.6 cm³/mol. The fourth-order valence-electron chi connectivity index (χ4n) is 1.86. The lowest BCUT2D eigenvalue weighted by atomic mass is 10.1. The van der Waals surface area contributed by atoms with Crippen LogP contribution in [0.15, 0.2) is 42.5 Å². The first-order chi connectivity index (χ1) is 10.1. The lowest BCUT2D eigenvalue weighted by molar-refractivity contribution is 0.102. The average molecular weight is 306 g/mol. The number of carbonyl (C=O) groups excluding carboxylic acids is 1. The molecule has 0 saturated carbocycles. The second-order valence-corrected chi connectivity index (χ2v) is 4.70. The lowest BCUT2D eigenvalue weighted by Crippen LogP contribution is -2.13. The number of hydrogen-bond donors (Lipinski definition) is 1. The quantitative estimate of drug-likeness (QED) is 0.908. The summed E-state index contributed by atoms with van der Waals surface area (Å²) < 4.78 is 10.6. The molecule has 21 heavy (non-hydrogen) atoms. The van der Waals surface area contributed by atoms with Crippen molar-refractivity contribution in [3.8, 4) is 11.5 Å². The van der Waals surface area contributed by atoms with Crippen LogP contribution >= 0.6 is 11.6 Å². The number of nitrogens with one attached hydrogen (secondary N) is 1. The van der Waals surface area contributed by atoms with E-state index in [1.807, 2.05) is 6.92 Å². The Kier molecular flexibility index (Phi) is 5.06. The van der Waals surface area contributed by atoms with Gasteiger partial charge in [0.1, 0.15) is 11.5 Å². The molecule has 0 aromatic heterocycles. The van der Waals surface area contributed by atoms with Gasteiger partial charge in [-0.2, -0.15) is 0 Å². The normalized spacial score (nSPS) is 10.0. The maximum absolute atomic E-state index is 12.4. The van der Waals surface area contributed by atoms with Gasteiger partial charge in [0.15, 0.2) is 0 Å². The van der Waals surface area contributed by atoms with Crippen molar-refractivity contribution in [2.45, 2.75) is 6.92 Å². The predicted octanol–water partition coefficient (Wildman–Crippen LogP) is 4.00. The van der Waals surface area contributed by atoms with E-state index in [1.165, 1.54) is 0 Å². The number of carbonyl (C=O) groups is 1. The van der Waals surface area contributed by atoms with Crippen molar-refractivity contribution in [1.29, 1.82) is 0 Å². The van der Waals surface area contributed by atoms with Crippen LogP contribution in [0.3, 0.4) is 0 Å². The highest BCUT2D eigenvalue weighted by Gasteiger charge is 2.13. The van der Waals surface area contributed by atoms with Crippen molar-refractivity contribution in [1.82, 2.24) is 0 Å². The largest absolute Gasteiger partial charge is 0.497 e. The number of benzene rings is 2. The van der Waals surface area contributed by atoms with Gasteiger partial charge in [-0.1, -0.05) is 17.7 Å². The van der Waals surface area contributed by atoms with Crippen molar-refractivity contribution >= 4 is 23.2 Å². The maximum atomic E-state index is 12.4. The Bertz CT molecular complexity index is 643. The smallest absolute Gasteiger partial charge is 0.259 e. The summed E-state index contributed by atoms with van der Waals surface area (Å²) in [6.07, 6.45) is 0. The van der Waals surface area contributed by atoms with Crippen molar-refractivity contribution in [3.05, 3.63) is 53.1 Å². The second-order valence-electron chi connectivity index (χ2n) is 4.26. The molecule has 0 aliphatic carbocycles. The Labute approximate surface area is 128 Å². The van der Waals surface area contributed by atoms with E-state index in [9.17, 15) is 4.79 Å². The molecule has 0 unspecified atom stereocenters. The molecule has 0 atom stereocenters. The number of rotatable bonds is 5. The van der Waals surface area contributed by atoms with Gasteiger partial charge in [-0.15, -0.1) is 0 Å². The van der Waals surface area contributed by atoms with Gasteiger partial charge in [0, 0.05) is 16.8 Å². The summed E-state index contributed by atoms with van der Waals surface area (Å²) in [4.78, 5) is 12.4. The van der Waals surface area contributed by atoms with Gasteiger partial charge in [-0.25, -0.2) is 0 Å². The fourth-order valence-corrected chi connectivity index (χ4v) is 2.03. The number of methoxy groups -OCH3 is 1. The van der Waals surface area contributed by atoms with Gasteiger partial charge < -0.3 is 14.8 Å². The SMILES string of the molecule is CCOc1ccc(Cl)cc1C(=O)Nc1cccc(OC)c1. The molecule has 2 aromatic rings. The standard InChI is InChI=1S/C16H16ClNO3/c1-3-21-15-8-7-11(17)9-14(15)16(19)18-12-5-4-6-13(10-12)20-2/h4-10H,3H2,1-2H3,(H,18,19). The molecule has 0 saturated heterocycles. The number of hydrogen-bond acceptors (Lipinski definition) is 3. The minimum absolute atomic E-state index is 0.283. The zero-order valence-electron chi connectivity index (χ0n) is 11.9. The zero-order valence-corrected chi connectivity index (χ0v) is 12.6. The third-order valence-electron chi connectivity index (χ3n) is 2.81. The minimum Gasteiger partial charge on any atom is -0.497 e. The molecule has 0 spiro atoms. The third-order valence-corrected chi connectivity index (χ3v) is 3.05. The van der Waals surface area contributed by atoms with E-state index in [-0.39, 0.29) is 5.91 Å². The van der Waals surface area contributed by atoms with Gasteiger partial charge in [0.2, 0.25) is 0 Å². The molecule has 4 nitrogen and oxygen atoms in total. The molecule has 0 aliphatic heterocycles. The third kappa shape index (κ3) is 3.89. The first-order valence-electron chi connectivity index (χ1n) is 6.51. The van der Waals surface area contributed by atoms with E-state index in [2.05, 4.69) is 5.32 Å². The van der Waals surface area contributed by atoms with Crippen LogP contribution in [0.5, 0.6) is 11.5 Å². The highest BCUT2D eigenvalue weighted by atomic mass is 35.5. The van der Waals surface area contributed by atoms with Crippen LogP contribution in [0, 0.1) is 0 Å². The first kappa shape index (κ1) is 15.2. The van der Waals surface area contributed by atoms with Crippen molar-refractivity contribution in [2.24, 2.45) is 0 Å². The van der Waals surface area contributed by atoms with Gasteiger partial charge >= 0.3 is 0 Å². The second kappa shape index (κ2) is 6.99. The Balaban J connectivity index is 2.25. The zero-order chi connectivity index (χ0) is 15.2. The van der Waals surface area contributed by atoms with E-state index in [4.69, 9.17) is 21.1 Å². The molecule has 110 valence electrons. The molecule has 0 fully saturated rings. The van der Waals surface area contributed by atoms with Crippen molar-refractivity contribution < 1.29 is 14.3 Å². The van der Waals surface area contributed by atoms with Crippen molar-refractivity contribution in [3.63, 3.8) is 0 Å². The summed E-state index contributed by atoms with van der Waals surface area (Å²) >= 11 is 5.96. The minimum atomic E-state index is -0.283. The molecule has 0 radical (unpaired) electrons. The number of amides is 1. The molecular weight excluding hydrogens is 290 g/mol. The van der Waals surface area contributed by atoms with Gasteiger partial charge in [-0.05, 0) is 37.3 Å². The monoisotopic (exact) mass is 305 g/mol. The summed E-state index contributed by atoms with van der Waals surface area (Å²) in [5, 5.41) is 3.28. The Morgan fingerprint density at radius 1 is 1.24 bits per heavy atom. The van der Waals surface area contributed by atoms with E-state index in [0.717, 1.165) is 0 Å². The van der Waals surface area contributed by atoms with Crippen LogP contribution in [0.4, 0.5) is 5.69 Å². The summed E-state index contributed by atoms with van der Waals surface area (Å²) in [7, 11) is 1.57. The average Bonchev–Trinajstić information content (AvgIpc) is 2.49. The topological polar surface area (TPSA) is 47.6 Å². The number of ether oxygens (including phenoxy) is 2.